The molecule has 0 aliphatic heterocycles. The van der Waals surface area contributed by atoms with Crippen LogP contribution in [-0.2, 0) is 12.7 Å². The number of amides is 1. The average Bonchev–Trinajstić information content (AvgIpc) is 3.17. The lowest BCUT2D eigenvalue weighted by molar-refractivity contribution is -0.137. The molecule has 1 aromatic heterocycles. The zero-order valence-corrected chi connectivity index (χ0v) is 17.7. The van der Waals surface area contributed by atoms with Gasteiger partial charge in [0.1, 0.15) is 5.75 Å². The molecule has 1 heterocycles. The van der Waals surface area contributed by atoms with Gasteiger partial charge in [0.15, 0.2) is 0 Å². The highest BCUT2D eigenvalue weighted by molar-refractivity contribution is 6.32. The van der Waals surface area contributed by atoms with Crippen molar-refractivity contribution in [2.45, 2.75) is 12.7 Å². The van der Waals surface area contributed by atoms with Gasteiger partial charge in [-0.15, -0.1) is 0 Å². The summed E-state index contributed by atoms with van der Waals surface area (Å²) in [6.07, 6.45) is -1.00. The summed E-state index contributed by atoms with van der Waals surface area (Å²) in [6, 6.07) is 16.7. The number of carbonyl (C=O) groups excluding carboxylic acids is 1. The van der Waals surface area contributed by atoms with E-state index in [-0.39, 0.29) is 16.3 Å². The van der Waals surface area contributed by atoms with Crippen LogP contribution in [-0.4, -0.2) is 21.8 Å². The molecule has 0 spiro atoms. The molecule has 0 fully saturated rings. The standard InChI is InChI=1S/C24H17ClF3N3O2/c25-20-12-18(4-8-22(20)32)23(33)30-29-13-16-3-7-21-17(11-16)9-10-31(21)14-15-1-5-19(6-2-15)24(26,27)28/h1-13,32H,14H2,(H,30,33)/b29-13+. The molecule has 4 rings (SSSR count). The molecule has 0 aliphatic rings. The molecule has 0 atom stereocenters. The van der Waals surface area contributed by atoms with Crippen LogP contribution in [0.15, 0.2) is 78.0 Å². The van der Waals surface area contributed by atoms with Gasteiger partial charge in [-0.1, -0.05) is 29.8 Å². The van der Waals surface area contributed by atoms with E-state index in [4.69, 9.17) is 11.6 Å². The first-order chi connectivity index (χ1) is 15.7. The highest BCUT2D eigenvalue weighted by Gasteiger charge is 2.29. The fraction of sp³-hybridized carbons (Fsp3) is 0.0833. The van der Waals surface area contributed by atoms with Gasteiger partial charge in [-0.05, 0) is 59.7 Å². The fourth-order valence-electron chi connectivity index (χ4n) is 3.31. The van der Waals surface area contributed by atoms with Gasteiger partial charge in [0.2, 0.25) is 0 Å². The van der Waals surface area contributed by atoms with Crippen molar-refractivity contribution in [1.82, 2.24) is 9.99 Å². The third-order valence-electron chi connectivity index (χ3n) is 5.02. The number of nitrogens with zero attached hydrogens (tertiary/aromatic N) is 2. The van der Waals surface area contributed by atoms with Crippen LogP contribution in [0, 0.1) is 0 Å². The first kappa shape index (κ1) is 22.4. The molecule has 9 heteroatoms. The van der Waals surface area contributed by atoms with Gasteiger partial charge >= 0.3 is 6.18 Å². The van der Waals surface area contributed by atoms with Gasteiger partial charge in [0.05, 0.1) is 16.8 Å². The van der Waals surface area contributed by atoms with E-state index in [9.17, 15) is 23.1 Å². The van der Waals surface area contributed by atoms with Gasteiger partial charge in [-0.2, -0.15) is 18.3 Å². The Morgan fingerprint density at radius 1 is 1.06 bits per heavy atom. The maximum Gasteiger partial charge on any atom is 0.416 e. The van der Waals surface area contributed by atoms with E-state index < -0.39 is 17.6 Å². The minimum Gasteiger partial charge on any atom is -0.506 e. The molecule has 0 saturated carbocycles. The predicted molar refractivity (Wildman–Crippen MR) is 121 cm³/mol. The molecule has 0 radical (unpaired) electrons. The second-order valence-corrected chi connectivity index (χ2v) is 7.73. The molecule has 2 N–H and O–H groups in total. The minimum absolute atomic E-state index is 0.0675. The Hall–Kier alpha value is -3.78. The highest BCUT2D eigenvalue weighted by Crippen LogP contribution is 2.29. The van der Waals surface area contributed by atoms with Crippen molar-refractivity contribution in [3.8, 4) is 5.75 Å². The van der Waals surface area contributed by atoms with Gasteiger partial charge < -0.3 is 9.67 Å². The Kier molecular flexibility index (Phi) is 6.11. The van der Waals surface area contributed by atoms with E-state index in [0.717, 1.165) is 34.2 Å². The number of hydrogen-bond acceptors (Lipinski definition) is 3. The smallest absolute Gasteiger partial charge is 0.416 e. The normalized spacial score (nSPS) is 11.9. The van der Waals surface area contributed by atoms with Crippen LogP contribution in [0.25, 0.3) is 10.9 Å². The van der Waals surface area contributed by atoms with Crippen LogP contribution in [0.4, 0.5) is 13.2 Å². The number of benzene rings is 3. The number of nitrogens with one attached hydrogen (secondary N) is 1. The second-order valence-electron chi connectivity index (χ2n) is 7.32. The summed E-state index contributed by atoms with van der Waals surface area (Å²) in [5, 5.41) is 14.4. The number of fused-ring (bicyclic) bond motifs is 1. The van der Waals surface area contributed by atoms with Gasteiger partial charge in [0.25, 0.3) is 5.91 Å². The SMILES string of the molecule is O=C(N/N=C/c1ccc2c(ccn2Cc2ccc(C(F)(F)F)cc2)c1)c1ccc(O)c(Cl)c1. The molecule has 33 heavy (non-hydrogen) atoms. The van der Waals surface area contributed by atoms with Crippen molar-refractivity contribution >= 4 is 34.6 Å². The van der Waals surface area contributed by atoms with Crippen LogP contribution in [0.5, 0.6) is 5.75 Å². The first-order valence-corrected chi connectivity index (χ1v) is 10.2. The number of hydrogen-bond donors (Lipinski definition) is 2. The predicted octanol–water partition coefficient (Wildman–Crippen LogP) is 5.83. The van der Waals surface area contributed by atoms with Crippen molar-refractivity contribution < 1.29 is 23.1 Å². The Labute approximate surface area is 191 Å². The number of alkyl halides is 3. The zero-order valence-electron chi connectivity index (χ0n) is 17.0. The van der Waals surface area contributed by atoms with Crippen molar-refractivity contribution in [2.75, 3.05) is 0 Å². The van der Waals surface area contributed by atoms with Gasteiger partial charge in [-0.3, -0.25) is 4.79 Å². The highest BCUT2D eigenvalue weighted by atomic mass is 35.5. The summed E-state index contributed by atoms with van der Waals surface area (Å²) >= 11 is 5.81. The fourth-order valence-corrected chi connectivity index (χ4v) is 3.49. The molecule has 0 bridgehead atoms. The third-order valence-corrected chi connectivity index (χ3v) is 5.32. The number of aromatic nitrogens is 1. The van der Waals surface area contributed by atoms with E-state index in [2.05, 4.69) is 10.5 Å². The number of halogens is 4. The van der Waals surface area contributed by atoms with Crippen LogP contribution < -0.4 is 5.43 Å². The lowest BCUT2D eigenvalue weighted by Crippen LogP contribution is -2.17. The van der Waals surface area contributed by atoms with E-state index in [1.54, 1.807) is 0 Å². The zero-order chi connectivity index (χ0) is 23.6. The molecular weight excluding hydrogens is 455 g/mol. The average molecular weight is 472 g/mol. The molecule has 0 unspecified atom stereocenters. The Bertz CT molecular complexity index is 1350. The summed E-state index contributed by atoms with van der Waals surface area (Å²) in [4.78, 5) is 12.1. The van der Waals surface area contributed by atoms with Gasteiger partial charge in [-0.25, -0.2) is 5.43 Å². The van der Waals surface area contributed by atoms with Crippen LogP contribution in [0.1, 0.15) is 27.0 Å². The summed E-state index contributed by atoms with van der Waals surface area (Å²) < 4.78 is 40.2. The molecule has 4 aromatic rings. The number of phenols is 1. The Morgan fingerprint density at radius 3 is 2.52 bits per heavy atom. The minimum atomic E-state index is -4.35. The quantitative estimate of drug-likeness (QED) is 0.284. The summed E-state index contributed by atoms with van der Waals surface area (Å²) in [5.41, 5.74) is 4.40. The van der Waals surface area contributed by atoms with Crippen molar-refractivity contribution in [1.29, 1.82) is 0 Å². The second kappa shape index (κ2) is 8.99. The topological polar surface area (TPSA) is 66.6 Å². The van der Waals surface area contributed by atoms with Crippen LogP contribution in [0.3, 0.4) is 0 Å². The Balaban J connectivity index is 1.44. The van der Waals surface area contributed by atoms with Crippen LogP contribution in [0.2, 0.25) is 5.02 Å². The molecule has 0 saturated heterocycles. The molecular formula is C24H17ClF3N3O2. The summed E-state index contributed by atoms with van der Waals surface area (Å²) in [7, 11) is 0. The molecule has 5 nitrogen and oxygen atoms in total. The monoisotopic (exact) mass is 471 g/mol. The Morgan fingerprint density at radius 2 is 1.82 bits per heavy atom. The summed E-state index contributed by atoms with van der Waals surface area (Å²) in [5.74, 6) is -0.591. The van der Waals surface area contributed by atoms with Crippen molar-refractivity contribution in [2.24, 2.45) is 5.10 Å². The molecule has 0 aliphatic carbocycles. The van der Waals surface area contributed by atoms with Crippen molar-refractivity contribution in [3.63, 3.8) is 0 Å². The molecule has 1 amide bonds. The lowest BCUT2D eigenvalue weighted by atomic mass is 10.1. The number of hydrazone groups is 1. The summed E-state index contributed by atoms with van der Waals surface area (Å²) in [6.45, 7) is 0.431. The molecule has 3 aromatic carbocycles. The number of phenolic OH excluding ortho intramolecular Hbond substituents is 1. The maximum absolute atomic E-state index is 12.7. The maximum atomic E-state index is 12.7. The lowest BCUT2D eigenvalue weighted by Gasteiger charge is -2.09. The number of carbonyl (C=O) groups is 1. The van der Waals surface area contributed by atoms with Crippen molar-refractivity contribution in [3.05, 3.63) is 100 Å². The number of rotatable bonds is 5. The van der Waals surface area contributed by atoms with Crippen LogP contribution >= 0.6 is 11.6 Å². The van der Waals surface area contributed by atoms with E-state index >= 15 is 0 Å². The van der Waals surface area contributed by atoms with E-state index in [1.807, 2.05) is 35.0 Å². The molecule has 168 valence electrons. The number of aromatic hydroxyl groups is 1. The van der Waals surface area contributed by atoms with E-state index in [1.165, 1.54) is 36.5 Å². The van der Waals surface area contributed by atoms with E-state index in [0.29, 0.717) is 6.54 Å². The third kappa shape index (κ3) is 5.18. The first-order valence-electron chi connectivity index (χ1n) is 9.78. The van der Waals surface area contributed by atoms with Gasteiger partial charge in [0, 0.05) is 29.2 Å². The largest absolute Gasteiger partial charge is 0.506 e.